The fourth-order valence-electron chi connectivity index (χ4n) is 2.36. The van der Waals surface area contributed by atoms with E-state index < -0.39 is 0 Å². The van der Waals surface area contributed by atoms with Crippen molar-refractivity contribution in [3.05, 3.63) is 29.8 Å². The van der Waals surface area contributed by atoms with E-state index in [0.717, 1.165) is 37.9 Å². The van der Waals surface area contributed by atoms with Crippen molar-refractivity contribution in [3.8, 4) is 5.75 Å². The monoisotopic (exact) mass is 248 g/mol. The summed E-state index contributed by atoms with van der Waals surface area (Å²) in [5, 5.41) is 12.3. The number of benzene rings is 1. The summed E-state index contributed by atoms with van der Waals surface area (Å²) in [5.74, 6) is 0.491. The number of nitrogens with zero attached hydrogens (tertiary/aromatic N) is 1. The van der Waals surface area contributed by atoms with Gasteiger partial charge >= 0.3 is 0 Å². The Morgan fingerprint density at radius 1 is 1.39 bits per heavy atom. The molecule has 1 aliphatic rings. The number of amides is 1. The molecule has 1 fully saturated rings. The van der Waals surface area contributed by atoms with Gasteiger partial charge < -0.3 is 15.3 Å². The predicted molar refractivity (Wildman–Crippen MR) is 70.5 cm³/mol. The van der Waals surface area contributed by atoms with Gasteiger partial charge in [0.1, 0.15) is 5.75 Å². The van der Waals surface area contributed by atoms with E-state index in [1.165, 1.54) is 0 Å². The number of likely N-dealkylation sites (tertiary alicyclic amines) is 1. The van der Waals surface area contributed by atoms with Crippen molar-refractivity contribution in [1.29, 1.82) is 0 Å². The first-order chi connectivity index (χ1) is 8.70. The second-order valence-electron chi connectivity index (χ2n) is 4.73. The Kier molecular flexibility index (Phi) is 4.20. The highest BCUT2D eigenvalue weighted by molar-refractivity contribution is 5.82. The average molecular weight is 248 g/mol. The van der Waals surface area contributed by atoms with E-state index in [1.807, 2.05) is 24.1 Å². The van der Waals surface area contributed by atoms with E-state index in [0.29, 0.717) is 0 Å². The minimum Gasteiger partial charge on any atom is -0.508 e. The van der Waals surface area contributed by atoms with Gasteiger partial charge in [-0.1, -0.05) is 12.1 Å². The maximum atomic E-state index is 12.1. The summed E-state index contributed by atoms with van der Waals surface area (Å²) in [6, 6.07) is 7.16. The molecule has 4 nitrogen and oxygen atoms in total. The molecule has 2 rings (SSSR count). The first-order valence-corrected chi connectivity index (χ1v) is 6.44. The summed E-state index contributed by atoms with van der Waals surface area (Å²) in [4.78, 5) is 14.0. The van der Waals surface area contributed by atoms with Crippen LogP contribution in [0.5, 0.6) is 5.75 Å². The van der Waals surface area contributed by atoms with Crippen LogP contribution in [0.2, 0.25) is 0 Å². The largest absolute Gasteiger partial charge is 0.508 e. The van der Waals surface area contributed by atoms with E-state index >= 15 is 0 Å². The van der Waals surface area contributed by atoms with Gasteiger partial charge in [0, 0.05) is 13.1 Å². The number of carbonyl (C=O) groups is 1. The number of carbonyl (C=O) groups excluding carboxylic acids is 1. The first kappa shape index (κ1) is 12.9. The molecule has 0 spiro atoms. The standard InChI is InChI=1S/C14H20N2O2/c1-15-13-3-2-9-16(14(13)18)10-8-11-4-6-12(17)7-5-11/h4-7,13,15,17H,2-3,8-10H2,1H3. The summed E-state index contributed by atoms with van der Waals surface area (Å²) in [6.45, 7) is 1.61. The second kappa shape index (κ2) is 5.87. The van der Waals surface area contributed by atoms with E-state index in [-0.39, 0.29) is 17.7 Å². The molecule has 0 aromatic heterocycles. The molecule has 0 aliphatic carbocycles. The molecule has 18 heavy (non-hydrogen) atoms. The van der Waals surface area contributed by atoms with Crippen LogP contribution in [0.1, 0.15) is 18.4 Å². The van der Waals surface area contributed by atoms with Crippen LogP contribution < -0.4 is 5.32 Å². The third kappa shape index (κ3) is 3.01. The van der Waals surface area contributed by atoms with Gasteiger partial charge in [-0.05, 0) is 44.0 Å². The molecule has 1 unspecified atom stereocenters. The van der Waals surface area contributed by atoms with Gasteiger partial charge in [0.25, 0.3) is 0 Å². The van der Waals surface area contributed by atoms with E-state index in [1.54, 1.807) is 12.1 Å². The number of nitrogens with one attached hydrogen (secondary N) is 1. The molecule has 0 saturated carbocycles. The van der Waals surface area contributed by atoms with Gasteiger partial charge in [0.2, 0.25) is 5.91 Å². The molecule has 2 N–H and O–H groups in total. The SMILES string of the molecule is CNC1CCCN(CCc2ccc(O)cc2)C1=O. The minimum atomic E-state index is -0.0152. The summed E-state index contributed by atoms with van der Waals surface area (Å²) in [5.41, 5.74) is 1.15. The summed E-state index contributed by atoms with van der Waals surface area (Å²) < 4.78 is 0. The molecule has 0 radical (unpaired) electrons. The predicted octanol–water partition coefficient (Wildman–Crippen LogP) is 1.15. The quantitative estimate of drug-likeness (QED) is 0.840. The Bertz CT molecular complexity index is 403. The molecule has 1 aromatic rings. The third-order valence-corrected chi connectivity index (χ3v) is 3.49. The smallest absolute Gasteiger partial charge is 0.239 e. The molecule has 0 bridgehead atoms. The average Bonchev–Trinajstić information content (AvgIpc) is 2.39. The number of phenols is 1. The number of phenolic OH excluding ortho intramolecular Hbond substituents is 1. The molecule has 1 atom stereocenters. The van der Waals surface area contributed by atoms with E-state index in [9.17, 15) is 9.90 Å². The van der Waals surface area contributed by atoms with Crippen LogP contribution in [0.25, 0.3) is 0 Å². The Morgan fingerprint density at radius 3 is 2.78 bits per heavy atom. The van der Waals surface area contributed by atoms with Gasteiger partial charge in [-0.15, -0.1) is 0 Å². The number of rotatable bonds is 4. The maximum Gasteiger partial charge on any atom is 0.239 e. The normalized spacial score (nSPS) is 20.2. The fraction of sp³-hybridized carbons (Fsp3) is 0.500. The van der Waals surface area contributed by atoms with Crippen LogP contribution >= 0.6 is 0 Å². The topological polar surface area (TPSA) is 52.6 Å². The lowest BCUT2D eigenvalue weighted by Crippen LogP contribution is -2.50. The van der Waals surface area contributed by atoms with Crippen molar-refractivity contribution < 1.29 is 9.90 Å². The summed E-state index contributed by atoms with van der Waals surface area (Å²) in [6.07, 6.45) is 2.83. The zero-order valence-corrected chi connectivity index (χ0v) is 10.7. The number of hydrogen-bond acceptors (Lipinski definition) is 3. The molecular weight excluding hydrogens is 228 g/mol. The van der Waals surface area contributed by atoms with Gasteiger partial charge in [0.05, 0.1) is 6.04 Å². The lowest BCUT2D eigenvalue weighted by Gasteiger charge is -2.32. The lowest BCUT2D eigenvalue weighted by molar-refractivity contribution is -0.135. The molecular formula is C14H20N2O2. The molecule has 1 saturated heterocycles. The molecule has 1 amide bonds. The highest BCUT2D eigenvalue weighted by Crippen LogP contribution is 2.14. The number of likely N-dealkylation sites (N-methyl/N-ethyl adjacent to an activating group) is 1. The van der Waals surface area contributed by atoms with Crippen LogP contribution in [-0.2, 0) is 11.2 Å². The van der Waals surface area contributed by atoms with Crippen molar-refractivity contribution >= 4 is 5.91 Å². The Labute approximate surface area is 108 Å². The van der Waals surface area contributed by atoms with Gasteiger partial charge in [-0.3, -0.25) is 4.79 Å². The minimum absolute atomic E-state index is 0.0152. The lowest BCUT2D eigenvalue weighted by atomic mass is 10.0. The summed E-state index contributed by atoms with van der Waals surface area (Å²) in [7, 11) is 1.84. The van der Waals surface area contributed by atoms with Crippen molar-refractivity contribution in [2.45, 2.75) is 25.3 Å². The number of piperidine rings is 1. The molecule has 1 aliphatic heterocycles. The Hall–Kier alpha value is -1.55. The zero-order chi connectivity index (χ0) is 13.0. The van der Waals surface area contributed by atoms with E-state index in [2.05, 4.69) is 5.32 Å². The van der Waals surface area contributed by atoms with Gasteiger partial charge in [-0.25, -0.2) is 0 Å². The third-order valence-electron chi connectivity index (χ3n) is 3.49. The molecule has 1 heterocycles. The molecule has 4 heteroatoms. The fourth-order valence-corrected chi connectivity index (χ4v) is 2.36. The number of aromatic hydroxyl groups is 1. The van der Waals surface area contributed by atoms with Crippen LogP contribution in [0, 0.1) is 0 Å². The number of hydrogen-bond donors (Lipinski definition) is 2. The van der Waals surface area contributed by atoms with Crippen molar-refractivity contribution in [2.24, 2.45) is 0 Å². The highest BCUT2D eigenvalue weighted by Gasteiger charge is 2.26. The maximum absolute atomic E-state index is 12.1. The van der Waals surface area contributed by atoms with Gasteiger partial charge in [0.15, 0.2) is 0 Å². The second-order valence-corrected chi connectivity index (χ2v) is 4.73. The molecule has 1 aromatic carbocycles. The van der Waals surface area contributed by atoms with Crippen molar-refractivity contribution in [2.75, 3.05) is 20.1 Å². The Morgan fingerprint density at radius 2 is 2.11 bits per heavy atom. The van der Waals surface area contributed by atoms with Crippen molar-refractivity contribution in [3.63, 3.8) is 0 Å². The van der Waals surface area contributed by atoms with E-state index in [4.69, 9.17) is 0 Å². The van der Waals surface area contributed by atoms with Crippen molar-refractivity contribution in [1.82, 2.24) is 10.2 Å². The van der Waals surface area contributed by atoms with Crippen LogP contribution in [-0.4, -0.2) is 42.1 Å². The highest BCUT2D eigenvalue weighted by atomic mass is 16.3. The van der Waals surface area contributed by atoms with Crippen LogP contribution in [0.3, 0.4) is 0 Å². The zero-order valence-electron chi connectivity index (χ0n) is 10.7. The van der Waals surface area contributed by atoms with Crippen LogP contribution in [0.4, 0.5) is 0 Å². The van der Waals surface area contributed by atoms with Gasteiger partial charge in [-0.2, -0.15) is 0 Å². The summed E-state index contributed by atoms with van der Waals surface area (Å²) >= 11 is 0. The molecule has 98 valence electrons. The van der Waals surface area contributed by atoms with Crippen LogP contribution in [0.15, 0.2) is 24.3 Å². The first-order valence-electron chi connectivity index (χ1n) is 6.44. The Balaban J connectivity index is 1.89.